The van der Waals surface area contributed by atoms with Crippen LogP contribution in [0.4, 0.5) is 0 Å². The van der Waals surface area contributed by atoms with Crippen molar-refractivity contribution < 1.29 is 19.4 Å². The molecule has 1 fully saturated rings. The van der Waals surface area contributed by atoms with Crippen LogP contribution < -0.4 is 4.74 Å². The third kappa shape index (κ3) is 2.98. The van der Waals surface area contributed by atoms with Crippen molar-refractivity contribution in [2.45, 2.75) is 32.3 Å². The fourth-order valence-corrected chi connectivity index (χ4v) is 2.68. The Balaban J connectivity index is 2.12. The number of rotatable bonds is 4. The molecule has 0 radical (unpaired) electrons. The predicted molar refractivity (Wildman–Crippen MR) is 65.1 cm³/mol. The minimum Gasteiger partial charge on any atom is -0.486 e. The van der Waals surface area contributed by atoms with Crippen LogP contribution >= 0.6 is 11.3 Å². The lowest BCUT2D eigenvalue weighted by molar-refractivity contribution is 0.00703. The molecule has 1 unspecified atom stereocenters. The van der Waals surface area contributed by atoms with E-state index in [4.69, 9.17) is 14.6 Å². The second kappa shape index (κ2) is 5.51. The highest BCUT2D eigenvalue weighted by Crippen LogP contribution is 2.31. The molecule has 0 bridgehead atoms. The van der Waals surface area contributed by atoms with Crippen LogP contribution in [0.2, 0.25) is 0 Å². The SMILES string of the molecule is CCc1cc(OC2CCCOC2)c(C(=O)O)s1. The summed E-state index contributed by atoms with van der Waals surface area (Å²) < 4.78 is 11.1. The maximum absolute atomic E-state index is 11.1. The molecule has 5 heteroatoms. The summed E-state index contributed by atoms with van der Waals surface area (Å²) in [6, 6.07) is 1.84. The molecule has 0 aliphatic carbocycles. The first-order chi connectivity index (χ1) is 8.20. The lowest BCUT2D eigenvalue weighted by Gasteiger charge is -2.22. The lowest BCUT2D eigenvalue weighted by Crippen LogP contribution is -2.28. The normalized spacial score (nSPS) is 20.2. The monoisotopic (exact) mass is 256 g/mol. The maximum atomic E-state index is 11.1. The van der Waals surface area contributed by atoms with Gasteiger partial charge in [0.25, 0.3) is 0 Å². The first-order valence-corrected chi connectivity index (χ1v) is 6.62. The summed E-state index contributed by atoms with van der Waals surface area (Å²) >= 11 is 1.29. The molecule has 1 aliphatic heterocycles. The van der Waals surface area contributed by atoms with Crippen LogP contribution in [0.1, 0.15) is 34.3 Å². The van der Waals surface area contributed by atoms with Crippen molar-refractivity contribution in [2.24, 2.45) is 0 Å². The minimum absolute atomic E-state index is 0.0128. The number of hydrogen-bond acceptors (Lipinski definition) is 4. The van der Waals surface area contributed by atoms with Crippen LogP contribution in [0, 0.1) is 0 Å². The summed E-state index contributed by atoms with van der Waals surface area (Å²) in [6.45, 7) is 3.33. The molecule has 0 aromatic carbocycles. The van der Waals surface area contributed by atoms with E-state index in [1.165, 1.54) is 11.3 Å². The van der Waals surface area contributed by atoms with E-state index in [0.717, 1.165) is 30.7 Å². The van der Waals surface area contributed by atoms with Gasteiger partial charge in [0.05, 0.1) is 6.61 Å². The van der Waals surface area contributed by atoms with Crippen molar-refractivity contribution in [3.8, 4) is 5.75 Å². The van der Waals surface area contributed by atoms with Gasteiger partial charge >= 0.3 is 5.97 Å². The fraction of sp³-hybridized carbons (Fsp3) is 0.583. The standard InChI is InChI=1S/C12H16O4S/c1-2-9-6-10(11(17-9)12(13)14)16-8-4-3-5-15-7-8/h6,8H,2-5,7H2,1H3,(H,13,14). The summed E-state index contributed by atoms with van der Waals surface area (Å²) in [4.78, 5) is 12.4. The molecule has 1 saturated heterocycles. The van der Waals surface area contributed by atoms with Gasteiger partial charge in [-0.25, -0.2) is 4.79 Å². The Morgan fingerprint density at radius 2 is 2.53 bits per heavy atom. The Labute approximate surface area is 104 Å². The predicted octanol–water partition coefficient (Wildman–Crippen LogP) is 2.57. The second-order valence-corrected chi connectivity index (χ2v) is 5.16. The zero-order valence-electron chi connectivity index (χ0n) is 9.77. The number of ether oxygens (including phenoxy) is 2. The molecule has 0 saturated carbocycles. The number of carbonyl (C=O) groups is 1. The number of carboxylic acid groups (broad SMARTS) is 1. The third-order valence-corrected chi connectivity index (χ3v) is 3.95. The molecular formula is C12H16O4S. The molecule has 2 heterocycles. The number of carboxylic acids is 1. The second-order valence-electron chi connectivity index (χ2n) is 4.02. The highest BCUT2D eigenvalue weighted by molar-refractivity contribution is 7.14. The number of aryl methyl sites for hydroxylation is 1. The van der Waals surface area contributed by atoms with Gasteiger partial charge in [-0.3, -0.25) is 0 Å². The Morgan fingerprint density at radius 3 is 3.12 bits per heavy atom. The zero-order valence-corrected chi connectivity index (χ0v) is 10.6. The van der Waals surface area contributed by atoms with E-state index in [1.54, 1.807) is 0 Å². The molecule has 4 nitrogen and oxygen atoms in total. The molecular weight excluding hydrogens is 240 g/mol. The number of thiophene rings is 1. The van der Waals surface area contributed by atoms with Crippen LogP contribution in [-0.2, 0) is 11.2 Å². The fourth-order valence-electron chi connectivity index (χ4n) is 1.82. The largest absolute Gasteiger partial charge is 0.486 e. The maximum Gasteiger partial charge on any atom is 0.349 e. The summed E-state index contributed by atoms with van der Waals surface area (Å²) in [6.07, 6.45) is 2.71. The number of hydrogen-bond donors (Lipinski definition) is 1. The Kier molecular flexibility index (Phi) is 4.02. The molecule has 1 N–H and O–H groups in total. The summed E-state index contributed by atoms with van der Waals surface area (Å²) in [5, 5.41) is 9.10. The van der Waals surface area contributed by atoms with Crippen molar-refractivity contribution in [1.29, 1.82) is 0 Å². The van der Waals surface area contributed by atoms with Gasteiger partial charge in [-0.05, 0) is 25.3 Å². The van der Waals surface area contributed by atoms with Gasteiger partial charge in [-0.2, -0.15) is 0 Å². The molecule has 17 heavy (non-hydrogen) atoms. The molecule has 1 aliphatic rings. The molecule has 94 valence electrons. The van der Waals surface area contributed by atoms with E-state index in [-0.39, 0.29) is 6.10 Å². The lowest BCUT2D eigenvalue weighted by atomic mass is 10.2. The van der Waals surface area contributed by atoms with Crippen LogP contribution in [0.25, 0.3) is 0 Å². The molecule has 1 aromatic rings. The highest BCUT2D eigenvalue weighted by atomic mass is 32.1. The van der Waals surface area contributed by atoms with Gasteiger partial charge in [0.15, 0.2) is 4.88 Å². The Morgan fingerprint density at radius 1 is 1.71 bits per heavy atom. The van der Waals surface area contributed by atoms with Crippen molar-refractivity contribution in [3.63, 3.8) is 0 Å². The van der Waals surface area contributed by atoms with Crippen LogP contribution in [0.3, 0.4) is 0 Å². The van der Waals surface area contributed by atoms with Gasteiger partial charge in [0.1, 0.15) is 11.9 Å². The molecule has 0 amide bonds. The Hall–Kier alpha value is -1.07. The van der Waals surface area contributed by atoms with Crippen LogP contribution in [-0.4, -0.2) is 30.4 Å². The molecule has 0 spiro atoms. The third-order valence-electron chi connectivity index (χ3n) is 2.70. The average molecular weight is 256 g/mol. The Bertz CT molecular complexity index is 393. The summed E-state index contributed by atoms with van der Waals surface area (Å²) in [7, 11) is 0. The summed E-state index contributed by atoms with van der Waals surface area (Å²) in [5.41, 5.74) is 0. The zero-order chi connectivity index (χ0) is 12.3. The van der Waals surface area contributed by atoms with E-state index in [1.807, 2.05) is 13.0 Å². The number of aromatic carboxylic acids is 1. The van der Waals surface area contributed by atoms with Crippen LogP contribution in [0.15, 0.2) is 6.07 Å². The van der Waals surface area contributed by atoms with Crippen molar-refractivity contribution in [1.82, 2.24) is 0 Å². The first kappa shape index (κ1) is 12.4. The van der Waals surface area contributed by atoms with Gasteiger partial charge in [-0.15, -0.1) is 11.3 Å². The van der Waals surface area contributed by atoms with Crippen molar-refractivity contribution in [2.75, 3.05) is 13.2 Å². The van der Waals surface area contributed by atoms with E-state index >= 15 is 0 Å². The topological polar surface area (TPSA) is 55.8 Å². The molecule has 1 atom stereocenters. The first-order valence-electron chi connectivity index (χ1n) is 5.81. The minimum atomic E-state index is -0.915. The quantitative estimate of drug-likeness (QED) is 0.899. The highest BCUT2D eigenvalue weighted by Gasteiger charge is 2.21. The van der Waals surface area contributed by atoms with Crippen molar-refractivity contribution >= 4 is 17.3 Å². The molecule has 2 rings (SSSR count). The van der Waals surface area contributed by atoms with Gasteiger partial charge in [0, 0.05) is 11.5 Å². The summed E-state index contributed by atoms with van der Waals surface area (Å²) in [5.74, 6) is -0.420. The van der Waals surface area contributed by atoms with Crippen LogP contribution in [0.5, 0.6) is 5.75 Å². The molecule has 1 aromatic heterocycles. The van der Waals surface area contributed by atoms with E-state index in [9.17, 15) is 4.79 Å². The van der Waals surface area contributed by atoms with Gasteiger partial charge < -0.3 is 14.6 Å². The van der Waals surface area contributed by atoms with Crippen molar-refractivity contribution in [3.05, 3.63) is 15.8 Å². The van der Waals surface area contributed by atoms with E-state index in [0.29, 0.717) is 17.2 Å². The smallest absolute Gasteiger partial charge is 0.349 e. The average Bonchev–Trinajstić information content (AvgIpc) is 2.74. The van der Waals surface area contributed by atoms with Gasteiger partial charge in [0.2, 0.25) is 0 Å². The van der Waals surface area contributed by atoms with Gasteiger partial charge in [-0.1, -0.05) is 6.92 Å². The van der Waals surface area contributed by atoms with E-state index < -0.39 is 5.97 Å². The van der Waals surface area contributed by atoms with E-state index in [2.05, 4.69) is 0 Å².